The Morgan fingerprint density at radius 2 is 1.69 bits per heavy atom. The van der Waals surface area contributed by atoms with Gasteiger partial charge >= 0.3 is 18.2 Å². The molecular weight excluding hydrogens is 555 g/mol. The molecule has 1 fully saturated rings. The molecular formula is C29H30F3N5O5. The second-order valence-corrected chi connectivity index (χ2v) is 9.65. The fourth-order valence-electron chi connectivity index (χ4n) is 4.51. The first-order chi connectivity index (χ1) is 20.0. The molecule has 1 aromatic heterocycles. The van der Waals surface area contributed by atoms with Crippen molar-refractivity contribution in [3.05, 3.63) is 77.1 Å². The van der Waals surface area contributed by atoms with E-state index in [4.69, 9.17) is 9.47 Å². The van der Waals surface area contributed by atoms with Gasteiger partial charge in [-0.2, -0.15) is 13.2 Å². The van der Waals surface area contributed by atoms with Gasteiger partial charge < -0.3 is 24.6 Å². The number of aryl methyl sites for hydroxylation is 1. The number of urea groups is 1. The van der Waals surface area contributed by atoms with Crippen LogP contribution in [0.25, 0.3) is 11.4 Å². The van der Waals surface area contributed by atoms with Crippen molar-refractivity contribution in [3.63, 3.8) is 0 Å². The van der Waals surface area contributed by atoms with Crippen LogP contribution in [0.2, 0.25) is 0 Å². The van der Waals surface area contributed by atoms with Crippen molar-refractivity contribution in [3.8, 4) is 11.4 Å². The van der Waals surface area contributed by atoms with Crippen molar-refractivity contribution in [2.45, 2.75) is 26.1 Å². The molecule has 0 bridgehead atoms. The summed E-state index contributed by atoms with van der Waals surface area (Å²) in [5, 5.41) is 2.60. The number of carbonyl (C=O) groups is 3. The van der Waals surface area contributed by atoms with E-state index in [0.717, 1.165) is 12.1 Å². The number of nitrogens with zero attached hydrogens (tertiary/aromatic N) is 4. The van der Waals surface area contributed by atoms with Crippen LogP contribution in [-0.4, -0.2) is 83.7 Å². The SMILES string of the molecule is COCCOC(=O)c1c(C)nc(-c2ccccc2)nc1C(=O)N1CCN(C(=O)Nc2ccc(C(F)(F)F)cc2)C(C)C1. The van der Waals surface area contributed by atoms with Crippen LogP contribution in [0, 0.1) is 6.92 Å². The largest absolute Gasteiger partial charge is 0.460 e. The molecule has 2 aromatic carbocycles. The number of piperazine rings is 1. The molecule has 42 heavy (non-hydrogen) atoms. The predicted molar refractivity (Wildman–Crippen MR) is 147 cm³/mol. The van der Waals surface area contributed by atoms with Crippen LogP contribution in [0.1, 0.15) is 39.0 Å². The van der Waals surface area contributed by atoms with E-state index in [-0.39, 0.29) is 61.3 Å². The van der Waals surface area contributed by atoms with E-state index in [1.165, 1.54) is 29.0 Å². The third-order valence-corrected chi connectivity index (χ3v) is 6.69. The number of aromatic nitrogens is 2. The molecule has 0 aliphatic carbocycles. The van der Waals surface area contributed by atoms with Crippen LogP contribution in [0.15, 0.2) is 54.6 Å². The Morgan fingerprint density at radius 1 is 1.00 bits per heavy atom. The highest BCUT2D eigenvalue weighted by atomic mass is 19.4. The zero-order valence-corrected chi connectivity index (χ0v) is 23.3. The molecule has 4 rings (SSSR count). The summed E-state index contributed by atoms with van der Waals surface area (Å²) in [6, 6.07) is 12.2. The van der Waals surface area contributed by atoms with Gasteiger partial charge in [0, 0.05) is 44.0 Å². The Balaban J connectivity index is 1.53. The molecule has 1 atom stereocenters. The van der Waals surface area contributed by atoms with Gasteiger partial charge in [0.05, 0.1) is 17.9 Å². The molecule has 0 saturated carbocycles. The zero-order chi connectivity index (χ0) is 30.4. The first-order valence-corrected chi connectivity index (χ1v) is 13.1. The molecule has 1 unspecified atom stereocenters. The number of rotatable bonds is 7. The van der Waals surface area contributed by atoms with Gasteiger partial charge in [0.1, 0.15) is 17.9 Å². The van der Waals surface area contributed by atoms with Crippen LogP contribution < -0.4 is 5.32 Å². The number of ether oxygens (including phenoxy) is 2. The molecule has 0 radical (unpaired) electrons. The fraction of sp³-hybridized carbons (Fsp3) is 0.345. The number of methoxy groups -OCH3 is 1. The van der Waals surface area contributed by atoms with Gasteiger partial charge in [0.15, 0.2) is 5.82 Å². The molecule has 222 valence electrons. The average molecular weight is 586 g/mol. The van der Waals surface area contributed by atoms with Crippen LogP contribution >= 0.6 is 0 Å². The van der Waals surface area contributed by atoms with E-state index in [1.54, 1.807) is 38.1 Å². The van der Waals surface area contributed by atoms with Gasteiger partial charge in [-0.1, -0.05) is 30.3 Å². The third-order valence-electron chi connectivity index (χ3n) is 6.69. The second-order valence-electron chi connectivity index (χ2n) is 9.65. The van der Waals surface area contributed by atoms with E-state index in [1.807, 2.05) is 6.07 Å². The number of hydrogen-bond acceptors (Lipinski definition) is 7. The maximum absolute atomic E-state index is 13.8. The average Bonchev–Trinajstić information content (AvgIpc) is 2.96. The van der Waals surface area contributed by atoms with Crippen molar-refractivity contribution >= 4 is 23.6 Å². The number of esters is 1. The van der Waals surface area contributed by atoms with Gasteiger partial charge in [-0.3, -0.25) is 4.79 Å². The minimum absolute atomic E-state index is 0.0212. The molecule has 13 heteroatoms. The molecule has 1 N–H and O–H groups in total. The zero-order valence-electron chi connectivity index (χ0n) is 23.3. The van der Waals surface area contributed by atoms with E-state index < -0.39 is 35.7 Å². The standard InChI is InChI=1S/C29H30F3N5O5/c1-18-17-36(13-14-37(18)28(40)34-22-11-9-21(10-12-22)29(30,31)32)26(38)24-23(27(39)42-16-15-41-3)19(2)33-25(35-24)20-7-5-4-6-8-20/h4-12,18H,13-17H2,1-3H3,(H,34,40). The topological polar surface area (TPSA) is 114 Å². The number of nitrogens with one attached hydrogen (secondary N) is 1. The van der Waals surface area contributed by atoms with Gasteiger partial charge in [-0.05, 0) is 38.1 Å². The summed E-state index contributed by atoms with van der Waals surface area (Å²) < 4.78 is 48.8. The van der Waals surface area contributed by atoms with Crippen molar-refractivity contribution in [1.29, 1.82) is 0 Å². The van der Waals surface area contributed by atoms with Gasteiger partial charge in [-0.15, -0.1) is 0 Å². The second kappa shape index (κ2) is 13.0. The predicted octanol–water partition coefficient (Wildman–Crippen LogP) is 4.65. The number of carbonyl (C=O) groups excluding carboxylic acids is 3. The summed E-state index contributed by atoms with van der Waals surface area (Å²) in [6.07, 6.45) is -4.48. The molecule has 2 heterocycles. The molecule has 3 aromatic rings. The highest BCUT2D eigenvalue weighted by Crippen LogP contribution is 2.30. The molecule has 0 spiro atoms. The summed E-state index contributed by atoms with van der Waals surface area (Å²) in [5.41, 5.74) is 0.160. The normalized spacial score (nSPS) is 15.3. The van der Waals surface area contributed by atoms with Crippen LogP contribution in [0.4, 0.5) is 23.7 Å². The summed E-state index contributed by atoms with van der Waals surface area (Å²) in [6.45, 7) is 3.89. The number of alkyl halides is 3. The van der Waals surface area contributed by atoms with E-state index in [9.17, 15) is 27.6 Å². The number of amides is 3. The minimum atomic E-state index is -4.48. The molecule has 1 saturated heterocycles. The maximum Gasteiger partial charge on any atom is 0.416 e. The lowest BCUT2D eigenvalue weighted by Crippen LogP contribution is -2.56. The summed E-state index contributed by atoms with van der Waals surface area (Å²) in [5.74, 6) is -1.01. The smallest absolute Gasteiger partial charge is 0.416 e. The third kappa shape index (κ3) is 7.03. The molecule has 1 aliphatic rings. The van der Waals surface area contributed by atoms with Gasteiger partial charge in [0.25, 0.3) is 5.91 Å². The number of hydrogen-bond donors (Lipinski definition) is 1. The van der Waals surface area contributed by atoms with Crippen molar-refractivity contribution in [2.24, 2.45) is 0 Å². The number of anilines is 1. The lowest BCUT2D eigenvalue weighted by atomic mass is 10.1. The Kier molecular flexibility index (Phi) is 9.41. The molecule has 1 aliphatic heterocycles. The maximum atomic E-state index is 13.8. The Hall–Kier alpha value is -4.52. The van der Waals surface area contributed by atoms with Gasteiger partial charge in [0.2, 0.25) is 0 Å². The summed E-state index contributed by atoms with van der Waals surface area (Å²) in [4.78, 5) is 51.6. The fourth-order valence-corrected chi connectivity index (χ4v) is 4.51. The van der Waals surface area contributed by atoms with Crippen LogP contribution in [0.5, 0.6) is 0 Å². The van der Waals surface area contributed by atoms with E-state index in [0.29, 0.717) is 5.56 Å². The van der Waals surface area contributed by atoms with Gasteiger partial charge in [-0.25, -0.2) is 19.6 Å². The first-order valence-electron chi connectivity index (χ1n) is 13.1. The van der Waals surface area contributed by atoms with Crippen LogP contribution in [0.3, 0.4) is 0 Å². The first kappa shape index (κ1) is 30.4. The molecule has 10 nitrogen and oxygen atoms in total. The number of halogens is 3. The highest BCUT2D eigenvalue weighted by molar-refractivity contribution is 6.05. The summed E-state index contributed by atoms with van der Waals surface area (Å²) in [7, 11) is 1.47. The lowest BCUT2D eigenvalue weighted by molar-refractivity contribution is -0.137. The quantitative estimate of drug-likeness (QED) is 0.317. The Bertz CT molecular complexity index is 1430. The monoisotopic (exact) mass is 585 g/mol. The van der Waals surface area contributed by atoms with Crippen molar-refractivity contribution in [2.75, 3.05) is 45.3 Å². The number of benzene rings is 2. The van der Waals surface area contributed by atoms with E-state index >= 15 is 0 Å². The Labute approximate surface area is 240 Å². The van der Waals surface area contributed by atoms with E-state index in [2.05, 4.69) is 15.3 Å². The van der Waals surface area contributed by atoms with Crippen LogP contribution in [-0.2, 0) is 15.7 Å². The minimum Gasteiger partial charge on any atom is -0.460 e. The summed E-state index contributed by atoms with van der Waals surface area (Å²) >= 11 is 0. The Morgan fingerprint density at radius 3 is 2.31 bits per heavy atom. The lowest BCUT2D eigenvalue weighted by Gasteiger charge is -2.39. The van der Waals surface area contributed by atoms with Crippen molar-refractivity contribution in [1.82, 2.24) is 19.8 Å². The highest BCUT2D eigenvalue weighted by Gasteiger charge is 2.34. The van der Waals surface area contributed by atoms with Crippen molar-refractivity contribution < 1.29 is 37.0 Å². The molecule has 3 amide bonds.